The summed E-state index contributed by atoms with van der Waals surface area (Å²) in [6, 6.07) is 8.84. The van der Waals surface area contributed by atoms with E-state index in [2.05, 4.69) is 20.8 Å². The van der Waals surface area contributed by atoms with Crippen LogP contribution in [0.5, 0.6) is 0 Å². The van der Waals surface area contributed by atoms with Crippen LogP contribution in [0, 0.1) is 0 Å². The number of hydrogen-bond donors (Lipinski definition) is 1. The van der Waals surface area contributed by atoms with Gasteiger partial charge in [-0.25, -0.2) is 9.48 Å². The summed E-state index contributed by atoms with van der Waals surface area (Å²) in [5, 5.41) is 14.2. The van der Waals surface area contributed by atoms with Crippen molar-refractivity contribution in [2.24, 2.45) is 0 Å². The number of aromatic nitrogens is 4. The molecule has 9 heteroatoms. The van der Waals surface area contributed by atoms with Crippen LogP contribution in [-0.4, -0.2) is 61.8 Å². The number of ether oxygens (including phenoxy) is 1. The Hall–Kier alpha value is -2.97. The van der Waals surface area contributed by atoms with Gasteiger partial charge < -0.3 is 15.0 Å². The van der Waals surface area contributed by atoms with Crippen LogP contribution in [0.1, 0.15) is 45.2 Å². The van der Waals surface area contributed by atoms with Crippen molar-refractivity contribution in [2.45, 2.75) is 51.3 Å². The minimum absolute atomic E-state index is 0.0119. The van der Waals surface area contributed by atoms with Crippen molar-refractivity contribution in [3.63, 3.8) is 0 Å². The van der Waals surface area contributed by atoms with Crippen molar-refractivity contribution < 1.29 is 14.3 Å². The number of nitrogens with zero attached hydrogens (tertiary/aromatic N) is 5. The van der Waals surface area contributed by atoms with Gasteiger partial charge in [-0.3, -0.25) is 4.79 Å². The fourth-order valence-corrected chi connectivity index (χ4v) is 3.22. The van der Waals surface area contributed by atoms with Crippen LogP contribution in [0.25, 0.3) is 0 Å². The lowest BCUT2D eigenvalue weighted by atomic mass is 10.0. The predicted molar refractivity (Wildman–Crippen MR) is 101 cm³/mol. The van der Waals surface area contributed by atoms with E-state index in [4.69, 9.17) is 4.74 Å². The van der Waals surface area contributed by atoms with E-state index in [1.807, 2.05) is 51.1 Å². The summed E-state index contributed by atoms with van der Waals surface area (Å²) in [6.07, 6.45) is 2.37. The molecule has 1 atom stereocenters. The highest BCUT2D eigenvalue weighted by atomic mass is 16.6. The normalized spacial score (nSPS) is 16.5. The smallest absolute Gasteiger partial charge is 0.407 e. The number of likely N-dealkylation sites (tertiary alicyclic amines) is 1. The van der Waals surface area contributed by atoms with Crippen LogP contribution in [0.3, 0.4) is 0 Å². The fourth-order valence-electron chi connectivity index (χ4n) is 3.22. The number of piperidine rings is 1. The van der Waals surface area contributed by atoms with Gasteiger partial charge in [-0.1, -0.05) is 30.3 Å². The molecule has 0 aliphatic carbocycles. The molecular formula is C19H26N6O3. The molecule has 0 spiro atoms. The van der Waals surface area contributed by atoms with Gasteiger partial charge in [0.25, 0.3) is 5.91 Å². The molecule has 0 saturated carbocycles. The van der Waals surface area contributed by atoms with Gasteiger partial charge in [-0.05, 0) is 49.6 Å². The molecule has 1 aliphatic rings. The predicted octanol–water partition coefficient (Wildman–Crippen LogP) is 1.78. The standard InChI is InChI=1S/C19H26N6O3/c1-19(2,3)28-18(27)21-15-9-11-24(12-10-15)17(26)16(25-13-20-22-23-25)14-7-5-4-6-8-14/h4-8,13,15-16H,9-12H2,1-3H3,(H,21,27). The molecule has 1 fully saturated rings. The zero-order valence-electron chi connectivity index (χ0n) is 16.4. The van der Waals surface area contributed by atoms with Crippen molar-refractivity contribution in [1.82, 2.24) is 30.4 Å². The number of tetrazole rings is 1. The highest BCUT2D eigenvalue weighted by molar-refractivity contribution is 5.83. The minimum atomic E-state index is -0.605. The number of amides is 2. The average Bonchev–Trinajstić information content (AvgIpc) is 3.16. The lowest BCUT2D eigenvalue weighted by molar-refractivity contribution is -0.135. The Morgan fingerprint density at radius 3 is 2.43 bits per heavy atom. The van der Waals surface area contributed by atoms with Crippen molar-refractivity contribution >= 4 is 12.0 Å². The molecule has 0 bridgehead atoms. The molecule has 9 nitrogen and oxygen atoms in total. The zero-order valence-corrected chi connectivity index (χ0v) is 16.4. The molecule has 0 radical (unpaired) electrons. The van der Waals surface area contributed by atoms with Gasteiger partial charge in [0, 0.05) is 19.1 Å². The SMILES string of the molecule is CC(C)(C)OC(=O)NC1CCN(C(=O)C(c2ccccc2)n2cnnn2)CC1. The Balaban J connectivity index is 1.63. The van der Waals surface area contributed by atoms with Crippen molar-refractivity contribution in [3.8, 4) is 0 Å². The second-order valence-corrected chi connectivity index (χ2v) is 7.85. The number of benzene rings is 1. The van der Waals surface area contributed by atoms with Gasteiger partial charge in [0.2, 0.25) is 0 Å². The number of rotatable bonds is 4. The molecule has 28 heavy (non-hydrogen) atoms. The van der Waals surface area contributed by atoms with E-state index in [0.717, 1.165) is 5.56 Å². The number of hydrogen-bond acceptors (Lipinski definition) is 6. The van der Waals surface area contributed by atoms with Gasteiger partial charge in [-0.2, -0.15) is 0 Å². The second kappa shape index (κ2) is 8.37. The molecule has 1 aromatic heterocycles. The summed E-state index contributed by atoms with van der Waals surface area (Å²) in [5.41, 5.74) is 0.295. The Kier molecular flexibility index (Phi) is 5.91. The van der Waals surface area contributed by atoms with Gasteiger partial charge in [0.05, 0.1) is 0 Å². The number of carbonyl (C=O) groups excluding carboxylic acids is 2. The van der Waals surface area contributed by atoms with Crippen LogP contribution >= 0.6 is 0 Å². The van der Waals surface area contributed by atoms with Crippen molar-refractivity contribution in [3.05, 3.63) is 42.2 Å². The van der Waals surface area contributed by atoms with Gasteiger partial charge in [-0.15, -0.1) is 5.10 Å². The first kappa shape index (κ1) is 19.8. The number of carbonyl (C=O) groups is 2. The number of alkyl carbamates (subject to hydrolysis) is 1. The van der Waals surface area contributed by atoms with Crippen LogP contribution < -0.4 is 5.32 Å². The maximum Gasteiger partial charge on any atom is 0.407 e. The first-order valence-corrected chi connectivity index (χ1v) is 9.39. The number of nitrogens with one attached hydrogen (secondary N) is 1. The minimum Gasteiger partial charge on any atom is -0.444 e. The largest absolute Gasteiger partial charge is 0.444 e. The summed E-state index contributed by atoms with van der Waals surface area (Å²) >= 11 is 0. The molecule has 1 N–H and O–H groups in total. The van der Waals surface area contributed by atoms with Gasteiger partial charge in [0.15, 0.2) is 6.04 Å². The molecule has 150 valence electrons. The Labute approximate surface area is 164 Å². The monoisotopic (exact) mass is 386 g/mol. The van der Waals surface area contributed by atoms with E-state index in [9.17, 15) is 9.59 Å². The molecule has 2 aromatic rings. The summed E-state index contributed by atoms with van der Waals surface area (Å²) in [6.45, 7) is 6.58. The van der Waals surface area contributed by atoms with Crippen LogP contribution in [0.2, 0.25) is 0 Å². The fraction of sp³-hybridized carbons (Fsp3) is 0.526. The lowest BCUT2D eigenvalue weighted by Gasteiger charge is -2.34. The van der Waals surface area contributed by atoms with Gasteiger partial charge >= 0.3 is 6.09 Å². The molecule has 1 aromatic carbocycles. The summed E-state index contributed by atoms with van der Waals surface area (Å²) in [7, 11) is 0. The molecule has 1 aliphatic heterocycles. The first-order valence-electron chi connectivity index (χ1n) is 9.39. The molecule has 1 unspecified atom stereocenters. The second-order valence-electron chi connectivity index (χ2n) is 7.85. The van der Waals surface area contributed by atoms with Crippen LogP contribution in [-0.2, 0) is 9.53 Å². The van der Waals surface area contributed by atoms with Gasteiger partial charge in [0.1, 0.15) is 11.9 Å². The Morgan fingerprint density at radius 1 is 1.18 bits per heavy atom. The third-order valence-corrected chi connectivity index (χ3v) is 4.51. The van der Waals surface area contributed by atoms with E-state index in [1.54, 1.807) is 4.90 Å². The van der Waals surface area contributed by atoms with E-state index >= 15 is 0 Å². The van der Waals surface area contributed by atoms with E-state index in [0.29, 0.717) is 25.9 Å². The van der Waals surface area contributed by atoms with Crippen LogP contribution in [0.4, 0.5) is 4.79 Å². The van der Waals surface area contributed by atoms with Crippen molar-refractivity contribution in [2.75, 3.05) is 13.1 Å². The maximum atomic E-state index is 13.2. The quantitative estimate of drug-likeness (QED) is 0.859. The molecule has 2 heterocycles. The third-order valence-electron chi connectivity index (χ3n) is 4.51. The van der Waals surface area contributed by atoms with Crippen LogP contribution in [0.15, 0.2) is 36.7 Å². The summed E-state index contributed by atoms with van der Waals surface area (Å²) < 4.78 is 6.78. The summed E-state index contributed by atoms with van der Waals surface area (Å²) in [4.78, 5) is 27.0. The lowest BCUT2D eigenvalue weighted by Crippen LogP contribution is -2.49. The van der Waals surface area contributed by atoms with E-state index in [-0.39, 0.29) is 11.9 Å². The molecule has 2 amide bonds. The Morgan fingerprint density at radius 2 is 1.86 bits per heavy atom. The zero-order chi connectivity index (χ0) is 20.1. The highest BCUT2D eigenvalue weighted by Gasteiger charge is 2.32. The topological polar surface area (TPSA) is 102 Å². The Bertz CT molecular complexity index is 780. The average molecular weight is 386 g/mol. The van der Waals surface area contributed by atoms with E-state index in [1.165, 1.54) is 11.0 Å². The summed E-state index contributed by atoms with van der Waals surface area (Å²) in [5.74, 6) is -0.0609. The van der Waals surface area contributed by atoms with E-state index < -0.39 is 17.7 Å². The maximum absolute atomic E-state index is 13.2. The molecule has 3 rings (SSSR count). The highest BCUT2D eigenvalue weighted by Crippen LogP contribution is 2.22. The first-order chi connectivity index (χ1) is 13.3. The molecular weight excluding hydrogens is 360 g/mol. The third kappa shape index (κ3) is 5.05. The van der Waals surface area contributed by atoms with Crippen molar-refractivity contribution in [1.29, 1.82) is 0 Å². The molecule has 1 saturated heterocycles.